The second-order valence-electron chi connectivity index (χ2n) is 7.18. The molecule has 0 fully saturated rings. The van der Waals surface area contributed by atoms with Gasteiger partial charge < -0.3 is 10.1 Å². The predicted octanol–water partition coefficient (Wildman–Crippen LogP) is 2.75. The highest BCUT2D eigenvalue weighted by atomic mass is 16.5. The molecule has 2 unspecified atom stereocenters. The third kappa shape index (κ3) is 4.44. The number of hydrogen-bond acceptors (Lipinski definition) is 4. The van der Waals surface area contributed by atoms with Crippen LogP contribution in [-0.4, -0.2) is 34.5 Å². The van der Waals surface area contributed by atoms with Crippen molar-refractivity contribution in [1.82, 2.24) is 10.3 Å². The molecule has 1 N–H and O–H groups in total. The number of aliphatic imine (C=N–C) groups is 1. The number of rotatable bonds is 4. The smallest absolute Gasteiger partial charge is 0.263 e. The first-order valence-corrected chi connectivity index (χ1v) is 8.44. The van der Waals surface area contributed by atoms with E-state index in [2.05, 4.69) is 15.3 Å². The molecule has 0 bridgehead atoms. The van der Waals surface area contributed by atoms with Gasteiger partial charge >= 0.3 is 0 Å². The summed E-state index contributed by atoms with van der Waals surface area (Å²) in [4.78, 5) is 21.6. The maximum absolute atomic E-state index is 12.7. The van der Waals surface area contributed by atoms with Crippen LogP contribution in [0.3, 0.4) is 0 Å². The normalized spacial score (nSPS) is 19.9. The lowest BCUT2D eigenvalue weighted by Gasteiger charge is -2.24. The molecule has 5 heteroatoms. The number of aromatic nitrogens is 1. The van der Waals surface area contributed by atoms with Crippen LogP contribution in [0.5, 0.6) is 0 Å². The molecule has 0 spiro atoms. The molecule has 2 atom stereocenters. The van der Waals surface area contributed by atoms with Crippen LogP contribution in [0.4, 0.5) is 0 Å². The second kappa shape index (κ2) is 7.05. The fraction of sp³-hybridized carbons (Fsp3) is 0.350. The summed E-state index contributed by atoms with van der Waals surface area (Å²) < 4.78 is 5.92. The predicted molar refractivity (Wildman–Crippen MR) is 97.5 cm³/mol. The Bertz CT molecular complexity index is 752. The zero-order valence-corrected chi connectivity index (χ0v) is 14.8. The lowest BCUT2D eigenvalue weighted by molar-refractivity contribution is -0.130. The largest absolute Gasteiger partial charge is 0.461 e. The number of hydrogen-bond donors (Lipinski definition) is 1. The van der Waals surface area contributed by atoms with Crippen LogP contribution in [0.15, 0.2) is 59.7 Å². The number of amides is 1. The van der Waals surface area contributed by atoms with Gasteiger partial charge in [-0.05, 0) is 44.9 Å². The van der Waals surface area contributed by atoms with Gasteiger partial charge in [-0.15, -0.1) is 0 Å². The average molecular weight is 337 g/mol. The molecule has 1 aromatic carbocycles. The Hall–Kier alpha value is -2.69. The van der Waals surface area contributed by atoms with Crippen molar-refractivity contribution in [1.29, 1.82) is 0 Å². The number of ether oxygens (including phenoxy) is 1. The zero-order valence-electron chi connectivity index (χ0n) is 14.8. The van der Waals surface area contributed by atoms with E-state index in [1.165, 1.54) is 0 Å². The average Bonchev–Trinajstić information content (AvgIpc) is 2.99. The molecule has 1 aromatic heterocycles. The molecule has 1 aliphatic heterocycles. The van der Waals surface area contributed by atoms with E-state index in [0.717, 1.165) is 5.56 Å². The molecule has 3 rings (SSSR count). The van der Waals surface area contributed by atoms with Gasteiger partial charge in [0, 0.05) is 11.7 Å². The van der Waals surface area contributed by atoms with Crippen LogP contribution >= 0.6 is 0 Å². The van der Waals surface area contributed by atoms with Crippen molar-refractivity contribution in [3.8, 4) is 0 Å². The third-order valence-electron chi connectivity index (χ3n) is 3.80. The van der Waals surface area contributed by atoms with Gasteiger partial charge in [0.2, 0.25) is 12.0 Å². The van der Waals surface area contributed by atoms with Crippen LogP contribution in [0.25, 0.3) is 0 Å². The van der Waals surface area contributed by atoms with E-state index in [4.69, 9.17) is 4.74 Å². The zero-order chi connectivity index (χ0) is 17.9. The van der Waals surface area contributed by atoms with Crippen LogP contribution in [-0.2, 0) is 16.0 Å². The Balaban J connectivity index is 1.84. The van der Waals surface area contributed by atoms with Crippen molar-refractivity contribution >= 4 is 11.8 Å². The quantitative estimate of drug-likeness (QED) is 0.933. The molecule has 0 saturated heterocycles. The standard InChI is InChI=1S/C20H23N3O2/c1-20(2,3)23-18(24)17-16(13-14-9-5-4-6-10-14)22-19(25-17)15-11-7-8-12-21-15/h4-12,16-17H,13H2,1-3H3,(H,23,24). The lowest BCUT2D eigenvalue weighted by Crippen LogP contribution is -2.49. The first-order valence-electron chi connectivity index (χ1n) is 8.44. The molecular formula is C20H23N3O2. The van der Waals surface area contributed by atoms with Crippen molar-refractivity contribution in [2.24, 2.45) is 4.99 Å². The highest BCUT2D eigenvalue weighted by molar-refractivity contribution is 5.97. The maximum Gasteiger partial charge on any atom is 0.263 e. The molecule has 25 heavy (non-hydrogen) atoms. The minimum absolute atomic E-state index is 0.150. The molecule has 2 aromatic rings. The molecule has 5 nitrogen and oxygen atoms in total. The van der Waals surface area contributed by atoms with Crippen LogP contribution in [0, 0.1) is 0 Å². The number of benzene rings is 1. The highest BCUT2D eigenvalue weighted by Crippen LogP contribution is 2.22. The van der Waals surface area contributed by atoms with E-state index >= 15 is 0 Å². The molecule has 130 valence electrons. The number of carbonyl (C=O) groups is 1. The van der Waals surface area contributed by atoms with E-state index in [1.807, 2.05) is 69.3 Å². The van der Waals surface area contributed by atoms with Crippen LogP contribution in [0.1, 0.15) is 32.0 Å². The Labute approximate surface area is 148 Å². The van der Waals surface area contributed by atoms with Crippen molar-refractivity contribution in [2.45, 2.75) is 44.9 Å². The molecule has 0 radical (unpaired) electrons. The van der Waals surface area contributed by atoms with E-state index in [1.54, 1.807) is 6.20 Å². The first kappa shape index (κ1) is 17.1. The first-order chi connectivity index (χ1) is 11.9. The minimum Gasteiger partial charge on any atom is -0.461 e. The Morgan fingerprint density at radius 1 is 1.12 bits per heavy atom. The van der Waals surface area contributed by atoms with Crippen LogP contribution < -0.4 is 5.32 Å². The maximum atomic E-state index is 12.7. The van der Waals surface area contributed by atoms with Crippen molar-refractivity contribution in [3.05, 3.63) is 66.0 Å². The van der Waals surface area contributed by atoms with Crippen molar-refractivity contribution in [2.75, 3.05) is 0 Å². The summed E-state index contributed by atoms with van der Waals surface area (Å²) in [6, 6.07) is 15.3. The third-order valence-corrected chi connectivity index (χ3v) is 3.80. The Morgan fingerprint density at radius 3 is 2.48 bits per heavy atom. The van der Waals surface area contributed by atoms with Gasteiger partial charge in [0.25, 0.3) is 5.91 Å². The fourth-order valence-corrected chi connectivity index (χ4v) is 2.74. The minimum atomic E-state index is -0.656. The molecule has 2 heterocycles. The van der Waals surface area contributed by atoms with Crippen molar-refractivity contribution in [3.63, 3.8) is 0 Å². The van der Waals surface area contributed by atoms with Gasteiger partial charge in [-0.2, -0.15) is 0 Å². The molecule has 1 aliphatic rings. The summed E-state index contributed by atoms with van der Waals surface area (Å²) >= 11 is 0. The SMILES string of the molecule is CC(C)(C)NC(=O)C1OC(c2ccccn2)=NC1Cc1ccccc1. The van der Waals surface area contributed by atoms with E-state index in [9.17, 15) is 4.79 Å². The molecule has 1 amide bonds. The van der Waals surface area contributed by atoms with E-state index in [-0.39, 0.29) is 17.5 Å². The van der Waals surface area contributed by atoms with Crippen LogP contribution in [0.2, 0.25) is 0 Å². The number of carbonyl (C=O) groups excluding carboxylic acids is 1. The Morgan fingerprint density at radius 2 is 1.84 bits per heavy atom. The number of pyridine rings is 1. The van der Waals surface area contributed by atoms with E-state index < -0.39 is 6.10 Å². The summed E-state index contributed by atoms with van der Waals surface area (Å²) in [6.07, 6.45) is 1.67. The van der Waals surface area contributed by atoms with Gasteiger partial charge in [-0.25, -0.2) is 4.99 Å². The second-order valence-corrected chi connectivity index (χ2v) is 7.18. The summed E-state index contributed by atoms with van der Waals surface area (Å²) in [6.45, 7) is 5.85. The molecule has 0 saturated carbocycles. The lowest BCUT2D eigenvalue weighted by atomic mass is 10.0. The summed E-state index contributed by atoms with van der Waals surface area (Å²) in [5.74, 6) is 0.277. The topological polar surface area (TPSA) is 63.6 Å². The van der Waals surface area contributed by atoms with Gasteiger partial charge in [0.05, 0.1) is 0 Å². The molecular weight excluding hydrogens is 314 g/mol. The number of nitrogens with zero attached hydrogens (tertiary/aromatic N) is 2. The number of nitrogens with one attached hydrogen (secondary N) is 1. The van der Waals surface area contributed by atoms with Gasteiger partial charge in [0.1, 0.15) is 11.7 Å². The van der Waals surface area contributed by atoms with Gasteiger partial charge in [-0.3, -0.25) is 9.78 Å². The highest BCUT2D eigenvalue weighted by Gasteiger charge is 2.38. The monoisotopic (exact) mass is 337 g/mol. The summed E-state index contributed by atoms with van der Waals surface area (Å²) in [5, 5.41) is 2.99. The van der Waals surface area contributed by atoms with Gasteiger partial charge in [-0.1, -0.05) is 36.4 Å². The summed E-state index contributed by atoms with van der Waals surface area (Å²) in [5.41, 5.74) is 1.44. The van der Waals surface area contributed by atoms with Crippen molar-refractivity contribution < 1.29 is 9.53 Å². The molecule has 0 aliphatic carbocycles. The van der Waals surface area contributed by atoms with E-state index in [0.29, 0.717) is 18.0 Å². The fourth-order valence-electron chi connectivity index (χ4n) is 2.74. The van der Waals surface area contributed by atoms with Gasteiger partial charge in [0.15, 0.2) is 0 Å². The Kier molecular flexibility index (Phi) is 4.83. The summed E-state index contributed by atoms with van der Waals surface area (Å²) in [7, 11) is 0.